The van der Waals surface area contributed by atoms with Crippen molar-refractivity contribution in [2.45, 2.75) is 31.7 Å². The summed E-state index contributed by atoms with van der Waals surface area (Å²) in [5, 5.41) is 5.64. The summed E-state index contributed by atoms with van der Waals surface area (Å²) in [4.78, 5) is 37.7. The number of hydrogen-bond acceptors (Lipinski definition) is 4. The fraction of sp³-hybridized carbons (Fsp3) is 0.500. The maximum absolute atomic E-state index is 12.2. The van der Waals surface area contributed by atoms with Crippen LogP contribution in [0.5, 0.6) is 5.75 Å². The van der Waals surface area contributed by atoms with Crippen molar-refractivity contribution in [3.63, 3.8) is 0 Å². The molecule has 7 heteroatoms. The molecule has 2 fully saturated rings. The van der Waals surface area contributed by atoms with Crippen LogP contribution in [0.15, 0.2) is 24.3 Å². The smallest absolute Gasteiger partial charge is 0.227 e. The highest BCUT2D eigenvalue weighted by molar-refractivity contribution is 6.00. The standard InChI is InChI=1S/C18H23N3O4/c1-25-15-6-4-14(5-7-15)21-11-12(10-17(21)23)18(24)19-9-8-16(22)20-13-2-3-13/h4-7,12-13H,2-3,8-11H2,1H3,(H,19,24)(H,20,22)/t12-/m0/s1. The summed E-state index contributed by atoms with van der Waals surface area (Å²) in [5.74, 6) is 0.0424. The van der Waals surface area contributed by atoms with Crippen LogP contribution in [0.3, 0.4) is 0 Å². The van der Waals surface area contributed by atoms with Crippen molar-refractivity contribution in [1.82, 2.24) is 10.6 Å². The Labute approximate surface area is 146 Å². The van der Waals surface area contributed by atoms with Crippen molar-refractivity contribution in [2.24, 2.45) is 5.92 Å². The highest BCUT2D eigenvalue weighted by atomic mass is 16.5. The molecule has 7 nitrogen and oxygen atoms in total. The molecular formula is C18H23N3O4. The van der Waals surface area contributed by atoms with Gasteiger partial charge in [-0.2, -0.15) is 0 Å². The fourth-order valence-corrected chi connectivity index (χ4v) is 2.87. The zero-order valence-electron chi connectivity index (χ0n) is 14.3. The van der Waals surface area contributed by atoms with E-state index in [2.05, 4.69) is 10.6 Å². The lowest BCUT2D eigenvalue weighted by Gasteiger charge is -2.17. The van der Waals surface area contributed by atoms with Crippen LogP contribution in [0.2, 0.25) is 0 Å². The third-order valence-corrected chi connectivity index (χ3v) is 4.47. The normalized spacial score (nSPS) is 19.6. The number of carbonyl (C=O) groups is 3. The first-order valence-corrected chi connectivity index (χ1v) is 8.58. The van der Waals surface area contributed by atoms with Crippen LogP contribution in [0, 0.1) is 5.92 Å². The van der Waals surface area contributed by atoms with E-state index in [0.29, 0.717) is 24.9 Å². The van der Waals surface area contributed by atoms with Gasteiger partial charge in [0.25, 0.3) is 0 Å². The third-order valence-electron chi connectivity index (χ3n) is 4.47. The number of nitrogens with zero attached hydrogens (tertiary/aromatic N) is 1. The molecule has 1 aromatic carbocycles. The van der Waals surface area contributed by atoms with Crippen molar-refractivity contribution < 1.29 is 19.1 Å². The highest BCUT2D eigenvalue weighted by Gasteiger charge is 2.35. The molecule has 0 spiro atoms. The second-order valence-corrected chi connectivity index (χ2v) is 6.49. The van der Waals surface area contributed by atoms with Gasteiger partial charge in [0.1, 0.15) is 5.75 Å². The summed E-state index contributed by atoms with van der Waals surface area (Å²) in [6, 6.07) is 7.51. The molecule has 0 unspecified atom stereocenters. The summed E-state index contributed by atoms with van der Waals surface area (Å²) >= 11 is 0. The minimum Gasteiger partial charge on any atom is -0.497 e. The van der Waals surface area contributed by atoms with Gasteiger partial charge in [0.2, 0.25) is 17.7 Å². The topological polar surface area (TPSA) is 87.7 Å². The lowest BCUT2D eigenvalue weighted by molar-refractivity contribution is -0.126. The van der Waals surface area contributed by atoms with E-state index in [9.17, 15) is 14.4 Å². The van der Waals surface area contributed by atoms with E-state index in [4.69, 9.17) is 4.74 Å². The Hall–Kier alpha value is -2.57. The summed E-state index contributed by atoms with van der Waals surface area (Å²) in [6.45, 7) is 0.649. The van der Waals surface area contributed by atoms with Gasteiger partial charge in [-0.05, 0) is 37.1 Å². The Kier molecular flexibility index (Phi) is 5.21. The number of nitrogens with one attached hydrogen (secondary N) is 2. The first-order chi connectivity index (χ1) is 12.1. The molecule has 1 aromatic rings. The number of rotatable bonds is 7. The first kappa shape index (κ1) is 17.3. The second kappa shape index (κ2) is 7.55. The summed E-state index contributed by atoms with van der Waals surface area (Å²) in [6.07, 6.45) is 2.55. The largest absolute Gasteiger partial charge is 0.497 e. The van der Waals surface area contributed by atoms with Crippen LogP contribution >= 0.6 is 0 Å². The number of benzene rings is 1. The van der Waals surface area contributed by atoms with E-state index >= 15 is 0 Å². The van der Waals surface area contributed by atoms with Gasteiger partial charge in [0.15, 0.2) is 0 Å². The van der Waals surface area contributed by atoms with Gasteiger partial charge in [-0.1, -0.05) is 0 Å². The van der Waals surface area contributed by atoms with E-state index in [1.807, 2.05) is 0 Å². The number of amides is 3. The Morgan fingerprint density at radius 2 is 1.96 bits per heavy atom. The van der Waals surface area contributed by atoms with Gasteiger partial charge >= 0.3 is 0 Å². The zero-order chi connectivity index (χ0) is 17.8. The molecule has 3 amide bonds. The molecule has 1 saturated carbocycles. The van der Waals surface area contributed by atoms with E-state index in [-0.39, 0.29) is 36.5 Å². The fourth-order valence-electron chi connectivity index (χ4n) is 2.87. The molecular weight excluding hydrogens is 322 g/mol. The van der Waals surface area contributed by atoms with Crippen LogP contribution < -0.4 is 20.3 Å². The average Bonchev–Trinajstić information content (AvgIpc) is 3.33. The van der Waals surface area contributed by atoms with Crippen LogP contribution in [-0.2, 0) is 14.4 Å². The predicted octanol–water partition coefficient (Wildman–Crippen LogP) is 0.833. The minimum absolute atomic E-state index is 0.0369. The van der Waals surface area contributed by atoms with E-state index in [1.54, 1.807) is 36.3 Å². The molecule has 134 valence electrons. The van der Waals surface area contributed by atoms with Crippen molar-refractivity contribution in [2.75, 3.05) is 25.1 Å². The van der Waals surface area contributed by atoms with Gasteiger partial charge in [-0.15, -0.1) is 0 Å². The average molecular weight is 345 g/mol. The van der Waals surface area contributed by atoms with Gasteiger partial charge in [0, 0.05) is 37.7 Å². The molecule has 25 heavy (non-hydrogen) atoms. The second-order valence-electron chi connectivity index (χ2n) is 6.49. The van der Waals surface area contributed by atoms with E-state index in [1.165, 1.54) is 0 Å². The third kappa shape index (κ3) is 4.49. The minimum atomic E-state index is -0.388. The Bertz CT molecular complexity index is 655. The summed E-state index contributed by atoms with van der Waals surface area (Å²) in [7, 11) is 1.58. The van der Waals surface area contributed by atoms with Crippen LogP contribution in [-0.4, -0.2) is 44.0 Å². The molecule has 1 saturated heterocycles. The highest BCUT2D eigenvalue weighted by Crippen LogP contribution is 2.26. The maximum atomic E-state index is 12.2. The van der Waals surface area contributed by atoms with Crippen molar-refractivity contribution >= 4 is 23.4 Å². The quantitative estimate of drug-likeness (QED) is 0.766. The molecule has 1 aliphatic heterocycles. The molecule has 1 atom stereocenters. The Balaban J connectivity index is 1.47. The zero-order valence-corrected chi connectivity index (χ0v) is 14.3. The van der Waals surface area contributed by atoms with E-state index < -0.39 is 0 Å². The molecule has 2 N–H and O–H groups in total. The van der Waals surface area contributed by atoms with Crippen molar-refractivity contribution in [3.05, 3.63) is 24.3 Å². The number of methoxy groups -OCH3 is 1. The van der Waals surface area contributed by atoms with Gasteiger partial charge in [0.05, 0.1) is 13.0 Å². The maximum Gasteiger partial charge on any atom is 0.227 e. The summed E-state index contributed by atoms with van der Waals surface area (Å²) < 4.78 is 5.11. The number of carbonyl (C=O) groups excluding carboxylic acids is 3. The monoisotopic (exact) mass is 345 g/mol. The molecule has 0 radical (unpaired) electrons. The van der Waals surface area contributed by atoms with Crippen molar-refractivity contribution in [3.8, 4) is 5.75 Å². The predicted molar refractivity (Wildman–Crippen MR) is 92.2 cm³/mol. The molecule has 2 aliphatic rings. The van der Waals surface area contributed by atoms with Gasteiger partial charge in [-0.3, -0.25) is 14.4 Å². The van der Waals surface area contributed by atoms with Crippen LogP contribution in [0.4, 0.5) is 5.69 Å². The lowest BCUT2D eigenvalue weighted by Crippen LogP contribution is -2.36. The van der Waals surface area contributed by atoms with E-state index in [0.717, 1.165) is 18.5 Å². The number of hydrogen-bond donors (Lipinski definition) is 2. The number of anilines is 1. The number of ether oxygens (including phenoxy) is 1. The molecule has 3 rings (SSSR count). The Morgan fingerprint density at radius 3 is 2.60 bits per heavy atom. The Morgan fingerprint density at radius 1 is 1.24 bits per heavy atom. The molecule has 1 aliphatic carbocycles. The van der Waals surface area contributed by atoms with Gasteiger partial charge in [-0.25, -0.2) is 0 Å². The lowest BCUT2D eigenvalue weighted by atomic mass is 10.1. The molecule has 1 heterocycles. The SMILES string of the molecule is COc1ccc(N2C[C@@H](C(=O)NCCC(=O)NC3CC3)CC2=O)cc1. The van der Waals surface area contributed by atoms with Crippen molar-refractivity contribution in [1.29, 1.82) is 0 Å². The first-order valence-electron chi connectivity index (χ1n) is 8.58. The van der Waals surface area contributed by atoms with Crippen LogP contribution in [0.1, 0.15) is 25.7 Å². The summed E-state index contributed by atoms with van der Waals surface area (Å²) in [5.41, 5.74) is 0.755. The molecule has 0 bridgehead atoms. The van der Waals surface area contributed by atoms with Gasteiger partial charge < -0.3 is 20.3 Å². The molecule has 0 aromatic heterocycles. The van der Waals surface area contributed by atoms with Crippen LogP contribution in [0.25, 0.3) is 0 Å².